The van der Waals surface area contributed by atoms with Crippen LogP contribution in [-0.4, -0.2) is 19.0 Å². The van der Waals surface area contributed by atoms with Crippen LogP contribution in [0.15, 0.2) is 12.1 Å². The van der Waals surface area contributed by atoms with Gasteiger partial charge in [-0.05, 0) is 25.0 Å². The number of carbonyl (C=O) groups excluding carboxylic acids is 1. The van der Waals surface area contributed by atoms with Crippen molar-refractivity contribution in [2.24, 2.45) is 5.92 Å². The van der Waals surface area contributed by atoms with E-state index in [-0.39, 0.29) is 11.7 Å². The predicted molar refractivity (Wildman–Crippen MR) is 68.7 cm³/mol. The van der Waals surface area contributed by atoms with E-state index in [0.717, 1.165) is 19.4 Å². The SMILES string of the molecule is Nc1c(Cl)cc(C(=O)C2CCCOC2)cc1Cl. The van der Waals surface area contributed by atoms with Gasteiger partial charge in [-0.15, -0.1) is 0 Å². The van der Waals surface area contributed by atoms with E-state index in [2.05, 4.69) is 0 Å². The molecule has 1 aliphatic heterocycles. The van der Waals surface area contributed by atoms with Crippen molar-refractivity contribution in [1.82, 2.24) is 0 Å². The van der Waals surface area contributed by atoms with Crippen molar-refractivity contribution in [2.75, 3.05) is 18.9 Å². The molecular weight excluding hydrogens is 261 g/mol. The van der Waals surface area contributed by atoms with Crippen LogP contribution in [0.1, 0.15) is 23.2 Å². The zero-order valence-electron chi connectivity index (χ0n) is 9.21. The van der Waals surface area contributed by atoms with Gasteiger partial charge >= 0.3 is 0 Å². The Hall–Kier alpha value is -0.770. The summed E-state index contributed by atoms with van der Waals surface area (Å²) >= 11 is 11.8. The molecule has 1 aromatic rings. The molecule has 1 aliphatic rings. The normalized spacial score (nSPS) is 20.2. The first kappa shape index (κ1) is 12.7. The number of Topliss-reactive ketones (excluding diaryl/α,β-unsaturated/α-hetero) is 1. The number of nitrogens with two attached hydrogens (primary N) is 1. The molecule has 0 bridgehead atoms. The summed E-state index contributed by atoms with van der Waals surface area (Å²) < 4.78 is 5.30. The third-order valence-electron chi connectivity index (χ3n) is 2.89. The number of carbonyl (C=O) groups is 1. The predicted octanol–water partition coefficient (Wildman–Crippen LogP) is 3.18. The third-order valence-corrected chi connectivity index (χ3v) is 3.52. The molecule has 1 aromatic carbocycles. The molecule has 1 fully saturated rings. The van der Waals surface area contributed by atoms with Crippen LogP contribution in [0.4, 0.5) is 5.69 Å². The van der Waals surface area contributed by atoms with Gasteiger partial charge in [-0.1, -0.05) is 23.2 Å². The first-order valence-corrected chi connectivity index (χ1v) is 6.21. The van der Waals surface area contributed by atoms with Crippen LogP contribution >= 0.6 is 23.2 Å². The number of hydrogen-bond donors (Lipinski definition) is 1. The van der Waals surface area contributed by atoms with Crippen LogP contribution in [0.5, 0.6) is 0 Å². The van der Waals surface area contributed by atoms with Crippen LogP contribution in [-0.2, 0) is 4.74 Å². The second-order valence-electron chi connectivity index (χ2n) is 4.13. The molecule has 2 N–H and O–H groups in total. The highest BCUT2D eigenvalue weighted by Gasteiger charge is 2.24. The molecule has 0 aromatic heterocycles. The van der Waals surface area contributed by atoms with Crippen molar-refractivity contribution in [2.45, 2.75) is 12.8 Å². The van der Waals surface area contributed by atoms with E-state index in [1.54, 1.807) is 12.1 Å². The molecule has 1 heterocycles. The lowest BCUT2D eigenvalue weighted by atomic mass is 9.92. The Morgan fingerprint density at radius 3 is 2.53 bits per heavy atom. The van der Waals surface area contributed by atoms with Gasteiger partial charge in [-0.2, -0.15) is 0 Å². The van der Waals surface area contributed by atoms with Crippen molar-refractivity contribution in [3.05, 3.63) is 27.7 Å². The fraction of sp³-hybridized carbons (Fsp3) is 0.417. The summed E-state index contributed by atoms with van der Waals surface area (Å²) in [5.74, 6) is -0.0759. The fourth-order valence-electron chi connectivity index (χ4n) is 1.91. The van der Waals surface area contributed by atoms with Gasteiger partial charge in [0.15, 0.2) is 5.78 Å². The summed E-state index contributed by atoms with van der Waals surface area (Å²) in [7, 11) is 0. The molecule has 92 valence electrons. The highest BCUT2D eigenvalue weighted by atomic mass is 35.5. The van der Waals surface area contributed by atoms with Gasteiger partial charge in [-0.3, -0.25) is 4.79 Å². The largest absolute Gasteiger partial charge is 0.396 e. The molecule has 5 heteroatoms. The van der Waals surface area contributed by atoms with Gasteiger partial charge in [0.2, 0.25) is 0 Å². The minimum absolute atomic E-state index is 0.0218. The molecule has 0 aliphatic carbocycles. The minimum atomic E-state index is -0.0977. The number of ketones is 1. The van der Waals surface area contributed by atoms with Gasteiger partial charge in [0, 0.05) is 18.1 Å². The summed E-state index contributed by atoms with van der Waals surface area (Å²) in [6.07, 6.45) is 1.76. The number of nitrogen functional groups attached to an aromatic ring is 1. The van der Waals surface area contributed by atoms with E-state index in [4.69, 9.17) is 33.7 Å². The van der Waals surface area contributed by atoms with Crippen LogP contribution in [0.25, 0.3) is 0 Å². The average molecular weight is 274 g/mol. The number of halogens is 2. The maximum atomic E-state index is 12.2. The van der Waals surface area contributed by atoms with E-state index >= 15 is 0 Å². The first-order valence-electron chi connectivity index (χ1n) is 5.46. The Kier molecular flexibility index (Phi) is 3.92. The summed E-state index contributed by atoms with van der Waals surface area (Å²) in [4.78, 5) is 12.2. The van der Waals surface area contributed by atoms with Gasteiger partial charge < -0.3 is 10.5 Å². The highest BCUT2D eigenvalue weighted by molar-refractivity contribution is 6.39. The highest BCUT2D eigenvalue weighted by Crippen LogP contribution is 2.30. The Labute approximate surface area is 110 Å². The van der Waals surface area contributed by atoms with E-state index in [1.165, 1.54) is 0 Å². The zero-order valence-corrected chi connectivity index (χ0v) is 10.7. The molecule has 0 saturated carbocycles. The lowest BCUT2D eigenvalue weighted by Gasteiger charge is -2.21. The smallest absolute Gasteiger partial charge is 0.168 e. The van der Waals surface area contributed by atoms with E-state index in [9.17, 15) is 4.79 Å². The summed E-state index contributed by atoms with van der Waals surface area (Å²) in [6.45, 7) is 1.20. The molecule has 1 unspecified atom stereocenters. The van der Waals surface area contributed by atoms with Crippen LogP contribution in [0.3, 0.4) is 0 Å². The van der Waals surface area contributed by atoms with Crippen molar-refractivity contribution < 1.29 is 9.53 Å². The van der Waals surface area contributed by atoms with Crippen LogP contribution in [0.2, 0.25) is 10.0 Å². The zero-order chi connectivity index (χ0) is 12.4. The second-order valence-corrected chi connectivity index (χ2v) is 4.95. The maximum Gasteiger partial charge on any atom is 0.168 e. The number of ether oxygens (including phenoxy) is 1. The number of anilines is 1. The molecule has 2 rings (SSSR count). The molecule has 0 amide bonds. The van der Waals surface area contributed by atoms with Crippen molar-refractivity contribution in [3.63, 3.8) is 0 Å². The molecule has 0 spiro atoms. The third kappa shape index (κ3) is 2.73. The van der Waals surface area contributed by atoms with Gasteiger partial charge in [0.1, 0.15) is 0 Å². The van der Waals surface area contributed by atoms with Crippen LogP contribution in [0, 0.1) is 5.92 Å². The Balaban J connectivity index is 2.24. The summed E-state index contributed by atoms with van der Waals surface area (Å²) in [5, 5.41) is 0.634. The monoisotopic (exact) mass is 273 g/mol. The van der Waals surface area contributed by atoms with Gasteiger partial charge in [-0.25, -0.2) is 0 Å². The van der Waals surface area contributed by atoms with E-state index in [1.807, 2.05) is 0 Å². The number of rotatable bonds is 2. The number of benzene rings is 1. The molecule has 17 heavy (non-hydrogen) atoms. The average Bonchev–Trinajstić information content (AvgIpc) is 2.35. The first-order chi connectivity index (χ1) is 8.09. The van der Waals surface area contributed by atoms with Crippen molar-refractivity contribution in [3.8, 4) is 0 Å². The lowest BCUT2D eigenvalue weighted by molar-refractivity contribution is 0.0461. The number of hydrogen-bond acceptors (Lipinski definition) is 3. The van der Waals surface area contributed by atoms with Gasteiger partial charge in [0.25, 0.3) is 0 Å². The molecule has 1 saturated heterocycles. The standard InChI is InChI=1S/C12H13Cl2NO2/c13-9-4-8(5-10(14)11(9)15)12(16)7-2-1-3-17-6-7/h4-5,7H,1-3,6,15H2. The van der Waals surface area contributed by atoms with Gasteiger partial charge in [0.05, 0.1) is 22.3 Å². The fourth-order valence-corrected chi connectivity index (χ4v) is 2.40. The summed E-state index contributed by atoms with van der Waals surface area (Å²) in [6, 6.07) is 3.14. The molecule has 3 nitrogen and oxygen atoms in total. The molecule has 1 atom stereocenters. The lowest BCUT2D eigenvalue weighted by Crippen LogP contribution is -2.25. The maximum absolute atomic E-state index is 12.2. The van der Waals surface area contributed by atoms with Crippen molar-refractivity contribution in [1.29, 1.82) is 0 Å². The van der Waals surface area contributed by atoms with E-state index < -0.39 is 0 Å². The second kappa shape index (κ2) is 5.25. The van der Waals surface area contributed by atoms with Crippen molar-refractivity contribution >= 4 is 34.7 Å². The molecule has 0 radical (unpaired) electrons. The minimum Gasteiger partial charge on any atom is -0.396 e. The Morgan fingerprint density at radius 2 is 2.00 bits per heavy atom. The quantitative estimate of drug-likeness (QED) is 0.665. The summed E-state index contributed by atoms with van der Waals surface area (Å²) in [5.41, 5.74) is 6.44. The van der Waals surface area contributed by atoms with E-state index in [0.29, 0.717) is 27.9 Å². The Morgan fingerprint density at radius 1 is 1.35 bits per heavy atom. The Bertz CT molecular complexity index is 419. The van der Waals surface area contributed by atoms with Crippen LogP contribution < -0.4 is 5.73 Å². The topological polar surface area (TPSA) is 52.3 Å². The molecular formula is C12H13Cl2NO2.